The summed E-state index contributed by atoms with van der Waals surface area (Å²) in [6.07, 6.45) is 5.86. The highest BCUT2D eigenvalue weighted by Crippen LogP contribution is 2.08. The van der Waals surface area contributed by atoms with Crippen LogP contribution in [0, 0.1) is 12.3 Å². The summed E-state index contributed by atoms with van der Waals surface area (Å²) in [5, 5.41) is 8.70. The summed E-state index contributed by atoms with van der Waals surface area (Å²) in [4.78, 5) is 23.6. The molecule has 100 valence electrons. The second kappa shape index (κ2) is 7.07. The van der Waals surface area contributed by atoms with Crippen LogP contribution in [0.15, 0.2) is 24.3 Å². The van der Waals surface area contributed by atoms with Crippen molar-refractivity contribution in [2.75, 3.05) is 18.8 Å². The number of nitrogens with zero attached hydrogens (tertiary/aromatic N) is 1. The molecule has 5 heteroatoms. The van der Waals surface area contributed by atoms with E-state index in [-0.39, 0.29) is 25.4 Å². The molecule has 0 aliphatic rings. The third-order valence-electron chi connectivity index (χ3n) is 2.57. The molecule has 3 N–H and O–H groups in total. The molecule has 1 amide bonds. The molecular formula is C14H16N2O3. The molecule has 0 fully saturated rings. The van der Waals surface area contributed by atoms with Gasteiger partial charge in [-0.2, -0.15) is 0 Å². The van der Waals surface area contributed by atoms with Crippen LogP contribution in [-0.2, 0) is 16.0 Å². The molecule has 0 spiro atoms. The van der Waals surface area contributed by atoms with E-state index in [1.807, 2.05) is 12.1 Å². The number of anilines is 1. The number of rotatable bonds is 6. The lowest BCUT2D eigenvalue weighted by molar-refractivity contribution is -0.144. The molecule has 1 rings (SSSR count). The lowest BCUT2D eigenvalue weighted by Crippen LogP contribution is -2.36. The topological polar surface area (TPSA) is 83.6 Å². The first kappa shape index (κ1) is 14.6. The van der Waals surface area contributed by atoms with Gasteiger partial charge in [-0.15, -0.1) is 6.42 Å². The average Bonchev–Trinajstić information content (AvgIpc) is 2.37. The van der Waals surface area contributed by atoms with Crippen molar-refractivity contribution in [1.82, 2.24) is 4.90 Å². The van der Waals surface area contributed by atoms with Crippen LogP contribution in [0.5, 0.6) is 0 Å². The smallest absolute Gasteiger partial charge is 0.323 e. The van der Waals surface area contributed by atoms with Gasteiger partial charge in [0, 0.05) is 12.1 Å². The van der Waals surface area contributed by atoms with Crippen LogP contribution in [0.4, 0.5) is 5.69 Å². The quantitative estimate of drug-likeness (QED) is 0.584. The van der Waals surface area contributed by atoms with Gasteiger partial charge in [0.1, 0.15) is 6.54 Å². The number of nitrogen functional groups attached to an aromatic ring is 1. The lowest BCUT2D eigenvalue weighted by Gasteiger charge is -2.17. The van der Waals surface area contributed by atoms with Crippen LogP contribution < -0.4 is 5.73 Å². The van der Waals surface area contributed by atoms with Crippen LogP contribution in [0.1, 0.15) is 12.0 Å². The van der Waals surface area contributed by atoms with Crippen molar-refractivity contribution in [1.29, 1.82) is 0 Å². The molecule has 0 heterocycles. The normalized spacial score (nSPS) is 9.63. The van der Waals surface area contributed by atoms with Gasteiger partial charge in [-0.3, -0.25) is 9.59 Å². The number of nitrogens with two attached hydrogens (primary N) is 1. The Hall–Kier alpha value is -2.48. The zero-order valence-corrected chi connectivity index (χ0v) is 10.5. The molecular weight excluding hydrogens is 244 g/mol. The van der Waals surface area contributed by atoms with Gasteiger partial charge >= 0.3 is 5.97 Å². The Morgan fingerprint density at radius 3 is 2.47 bits per heavy atom. The molecule has 0 unspecified atom stereocenters. The molecule has 1 aromatic carbocycles. The molecule has 0 atom stereocenters. The van der Waals surface area contributed by atoms with Crippen LogP contribution in [0.25, 0.3) is 0 Å². The molecule has 0 saturated carbocycles. The van der Waals surface area contributed by atoms with Crippen molar-refractivity contribution in [2.24, 2.45) is 0 Å². The van der Waals surface area contributed by atoms with E-state index in [1.54, 1.807) is 12.1 Å². The molecule has 0 bridgehead atoms. The number of aryl methyl sites for hydroxylation is 1. The molecule has 5 nitrogen and oxygen atoms in total. The van der Waals surface area contributed by atoms with Gasteiger partial charge in [-0.05, 0) is 24.1 Å². The number of carbonyl (C=O) groups excluding carboxylic acids is 1. The zero-order chi connectivity index (χ0) is 14.3. The number of carbonyl (C=O) groups is 2. The maximum absolute atomic E-state index is 11.9. The molecule has 19 heavy (non-hydrogen) atoms. The Kier molecular flexibility index (Phi) is 5.42. The summed E-state index contributed by atoms with van der Waals surface area (Å²) in [7, 11) is 0. The van der Waals surface area contributed by atoms with Crippen LogP contribution in [0.2, 0.25) is 0 Å². The van der Waals surface area contributed by atoms with Crippen LogP contribution in [0.3, 0.4) is 0 Å². The zero-order valence-electron chi connectivity index (χ0n) is 10.5. The van der Waals surface area contributed by atoms with Gasteiger partial charge in [-0.25, -0.2) is 0 Å². The number of benzene rings is 1. The molecule has 0 radical (unpaired) electrons. The predicted octanol–water partition coefficient (Wildman–Crippen LogP) is 0.748. The first-order valence-electron chi connectivity index (χ1n) is 5.80. The van der Waals surface area contributed by atoms with Crippen LogP contribution >= 0.6 is 0 Å². The fraction of sp³-hybridized carbons (Fsp3) is 0.286. The standard InChI is InChI=1S/C14H16N2O3/c1-2-9-16(10-14(18)19)13(17)8-5-11-3-6-12(15)7-4-11/h1,3-4,6-7H,5,8-10,15H2,(H,18,19). The summed E-state index contributed by atoms with van der Waals surface area (Å²) in [6.45, 7) is -0.363. The number of terminal acetylenes is 1. The molecule has 0 aromatic heterocycles. The summed E-state index contributed by atoms with van der Waals surface area (Å²) in [6, 6.07) is 7.20. The molecule has 0 aliphatic heterocycles. The number of aliphatic carboxylic acids is 1. The summed E-state index contributed by atoms with van der Waals surface area (Å²) >= 11 is 0. The van der Waals surface area contributed by atoms with Crippen molar-refractivity contribution in [3.05, 3.63) is 29.8 Å². The van der Waals surface area contributed by atoms with E-state index >= 15 is 0 Å². The summed E-state index contributed by atoms with van der Waals surface area (Å²) in [5.74, 6) is 0.945. The lowest BCUT2D eigenvalue weighted by atomic mass is 10.1. The summed E-state index contributed by atoms with van der Waals surface area (Å²) in [5.41, 5.74) is 7.20. The third kappa shape index (κ3) is 5.13. The fourth-order valence-corrected chi connectivity index (χ4v) is 1.60. The number of carboxylic acid groups (broad SMARTS) is 1. The van der Waals surface area contributed by atoms with Crippen molar-refractivity contribution >= 4 is 17.6 Å². The van der Waals surface area contributed by atoms with E-state index in [0.29, 0.717) is 12.1 Å². The monoisotopic (exact) mass is 260 g/mol. The van der Waals surface area contributed by atoms with Crippen molar-refractivity contribution in [3.8, 4) is 12.3 Å². The van der Waals surface area contributed by atoms with E-state index in [1.165, 1.54) is 0 Å². The van der Waals surface area contributed by atoms with E-state index in [2.05, 4.69) is 5.92 Å². The fourth-order valence-electron chi connectivity index (χ4n) is 1.60. The second-order valence-electron chi connectivity index (χ2n) is 4.09. The van der Waals surface area contributed by atoms with Gasteiger partial charge in [0.25, 0.3) is 0 Å². The molecule has 1 aromatic rings. The third-order valence-corrected chi connectivity index (χ3v) is 2.57. The number of carboxylic acids is 1. The Bertz CT molecular complexity index is 488. The molecule has 0 aliphatic carbocycles. The van der Waals surface area contributed by atoms with Crippen molar-refractivity contribution < 1.29 is 14.7 Å². The maximum atomic E-state index is 11.9. The first-order chi connectivity index (χ1) is 9.02. The first-order valence-corrected chi connectivity index (χ1v) is 5.80. The second-order valence-corrected chi connectivity index (χ2v) is 4.09. The summed E-state index contributed by atoms with van der Waals surface area (Å²) < 4.78 is 0. The van der Waals surface area contributed by atoms with Gasteiger partial charge in [-0.1, -0.05) is 18.1 Å². The highest BCUT2D eigenvalue weighted by molar-refractivity contribution is 5.81. The Morgan fingerprint density at radius 2 is 1.95 bits per heavy atom. The SMILES string of the molecule is C#CCN(CC(=O)O)C(=O)CCc1ccc(N)cc1. The minimum atomic E-state index is -1.07. The minimum absolute atomic E-state index is 0.00682. The van der Waals surface area contributed by atoms with E-state index in [0.717, 1.165) is 10.5 Å². The Labute approximate surface area is 112 Å². The van der Waals surface area contributed by atoms with E-state index < -0.39 is 5.97 Å². The van der Waals surface area contributed by atoms with E-state index in [9.17, 15) is 9.59 Å². The highest BCUT2D eigenvalue weighted by atomic mass is 16.4. The van der Waals surface area contributed by atoms with Gasteiger partial charge in [0.2, 0.25) is 5.91 Å². The van der Waals surface area contributed by atoms with Crippen LogP contribution in [-0.4, -0.2) is 35.0 Å². The van der Waals surface area contributed by atoms with E-state index in [4.69, 9.17) is 17.3 Å². The van der Waals surface area contributed by atoms with Crippen molar-refractivity contribution in [2.45, 2.75) is 12.8 Å². The largest absolute Gasteiger partial charge is 0.480 e. The minimum Gasteiger partial charge on any atom is -0.480 e. The number of hydrogen-bond acceptors (Lipinski definition) is 3. The van der Waals surface area contributed by atoms with Gasteiger partial charge in [0.15, 0.2) is 0 Å². The van der Waals surface area contributed by atoms with Crippen molar-refractivity contribution in [3.63, 3.8) is 0 Å². The maximum Gasteiger partial charge on any atom is 0.323 e. The molecule has 0 saturated heterocycles. The average molecular weight is 260 g/mol. The number of hydrogen-bond donors (Lipinski definition) is 2. The van der Waals surface area contributed by atoms with Gasteiger partial charge in [0.05, 0.1) is 6.54 Å². The van der Waals surface area contributed by atoms with Gasteiger partial charge < -0.3 is 15.7 Å². The Balaban J connectivity index is 2.54. The number of amides is 1. The highest BCUT2D eigenvalue weighted by Gasteiger charge is 2.15. The Morgan fingerprint density at radius 1 is 1.32 bits per heavy atom. The predicted molar refractivity (Wildman–Crippen MR) is 72.2 cm³/mol.